The molecule has 0 saturated heterocycles. The van der Waals surface area contributed by atoms with Crippen molar-refractivity contribution in [2.24, 2.45) is 5.92 Å². The second-order valence-corrected chi connectivity index (χ2v) is 5.17. The van der Waals surface area contributed by atoms with Crippen LogP contribution < -0.4 is 5.32 Å². The maximum Gasteiger partial charge on any atom is 0.310 e. The van der Waals surface area contributed by atoms with Crippen molar-refractivity contribution < 1.29 is 23.8 Å². The first-order chi connectivity index (χ1) is 10.6. The van der Waals surface area contributed by atoms with Crippen molar-refractivity contribution in [1.29, 1.82) is 0 Å². The molecule has 0 unspecified atom stereocenters. The van der Waals surface area contributed by atoms with E-state index in [-0.39, 0.29) is 30.2 Å². The molecule has 2 N–H and O–H groups in total. The Bertz CT molecular complexity index is 662. The third-order valence-corrected chi connectivity index (χ3v) is 3.50. The molecule has 1 amide bonds. The lowest BCUT2D eigenvalue weighted by atomic mass is 10.2. The number of carbonyl (C=O) groups is 2. The van der Waals surface area contributed by atoms with Crippen molar-refractivity contribution in [2.75, 3.05) is 11.9 Å². The highest BCUT2D eigenvalue weighted by Crippen LogP contribution is 2.48. The van der Waals surface area contributed by atoms with Gasteiger partial charge in [-0.05, 0) is 42.8 Å². The highest BCUT2D eigenvalue weighted by Gasteiger charge is 2.47. The molecule has 1 saturated carbocycles. The molecular weight excluding hydrogens is 286 g/mol. The van der Waals surface area contributed by atoms with E-state index in [2.05, 4.69) is 5.32 Å². The van der Waals surface area contributed by atoms with Crippen molar-refractivity contribution in [1.82, 2.24) is 0 Å². The average Bonchev–Trinajstić information content (AvgIpc) is 3.13. The molecular formula is C16H15NO5. The molecule has 0 spiro atoms. The van der Waals surface area contributed by atoms with Crippen LogP contribution in [0.25, 0.3) is 0 Å². The Morgan fingerprint density at radius 3 is 2.73 bits per heavy atom. The van der Waals surface area contributed by atoms with Gasteiger partial charge in [-0.25, -0.2) is 0 Å². The number of hydrogen-bond acceptors (Lipinski definition) is 5. The zero-order valence-corrected chi connectivity index (χ0v) is 11.7. The van der Waals surface area contributed by atoms with Gasteiger partial charge in [0, 0.05) is 11.6 Å². The molecule has 6 heteroatoms. The number of nitrogens with one attached hydrogen (secondary N) is 1. The molecule has 1 aliphatic rings. The Labute approximate surface area is 126 Å². The molecule has 1 aromatic heterocycles. The summed E-state index contributed by atoms with van der Waals surface area (Å²) in [5, 5.41) is 11.7. The molecule has 6 nitrogen and oxygen atoms in total. The largest absolute Gasteiger partial charge is 0.508 e. The standard InChI is InChI=1S/C16H15NO5/c18-11-5-3-10(4-6-11)17-15(19)9-22-16(20)13-8-12(13)14-2-1-7-21-14/h1-7,12-13,18H,8-9H2,(H,17,19)/t12-,13+/m1/s1. The summed E-state index contributed by atoms with van der Waals surface area (Å²) in [4.78, 5) is 23.5. The highest BCUT2D eigenvalue weighted by atomic mass is 16.5. The van der Waals surface area contributed by atoms with Crippen LogP contribution in [0.5, 0.6) is 5.75 Å². The van der Waals surface area contributed by atoms with Crippen LogP contribution in [0.3, 0.4) is 0 Å². The van der Waals surface area contributed by atoms with Crippen LogP contribution in [0, 0.1) is 5.92 Å². The maximum atomic E-state index is 11.8. The molecule has 114 valence electrons. The quantitative estimate of drug-likeness (QED) is 0.653. The number of phenolic OH excluding ortho intramolecular Hbond substituents is 1. The molecule has 2 atom stereocenters. The number of esters is 1. The molecule has 22 heavy (non-hydrogen) atoms. The van der Waals surface area contributed by atoms with E-state index in [4.69, 9.17) is 14.3 Å². The maximum absolute atomic E-state index is 11.8. The zero-order valence-electron chi connectivity index (χ0n) is 11.7. The van der Waals surface area contributed by atoms with E-state index >= 15 is 0 Å². The molecule has 3 rings (SSSR count). The number of phenols is 1. The molecule has 1 aliphatic carbocycles. The predicted octanol–water partition coefficient (Wildman–Crippen LogP) is 2.27. The molecule has 1 aromatic carbocycles. The second-order valence-electron chi connectivity index (χ2n) is 5.17. The van der Waals surface area contributed by atoms with Gasteiger partial charge < -0.3 is 19.6 Å². The fourth-order valence-corrected chi connectivity index (χ4v) is 2.26. The van der Waals surface area contributed by atoms with Crippen LogP contribution in [0.4, 0.5) is 5.69 Å². The fourth-order valence-electron chi connectivity index (χ4n) is 2.26. The van der Waals surface area contributed by atoms with E-state index in [1.807, 2.05) is 6.07 Å². The van der Waals surface area contributed by atoms with Gasteiger partial charge in [-0.2, -0.15) is 0 Å². The smallest absolute Gasteiger partial charge is 0.310 e. The lowest BCUT2D eigenvalue weighted by Gasteiger charge is -2.06. The average molecular weight is 301 g/mol. The zero-order chi connectivity index (χ0) is 15.5. The Morgan fingerprint density at radius 2 is 2.05 bits per heavy atom. The van der Waals surface area contributed by atoms with Crippen LogP contribution in [-0.4, -0.2) is 23.6 Å². The normalized spacial score (nSPS) is 19.5. The van der Waals surface area contributed by atoms with Gasteiger partial charge in [0.1, 0.15) is 11.5 Å². The number of benzene rings is 1. The van der Waals surface area contributed by atoms with Gasteiger partial charge in [0.05, 0.1) is 12.2 Å². The third kappa shape index (κ3) is 3.28. The number of carbonyl (C=O) groups excluding carboxylic acids is 2. The summed E-state index contributed by atoms with van der Waals surface area (Å²) in [5.74, 6) is -0.0931. The summed E-state index contributed by atoms with van der Waals surface area (Å²) in [5.41, 5.74) is 0.527. The molecule has 0 bridgehead atoms. The number of anilines is 1. The van der Waals surface area contributed by atoms with E-state index in [0.717, 1.165) is 5.76 Å². The van der Waals surface area contributed by atoms with Gasteiger partial charge in [-0.3, -0.25) is 9.59 Å². The Morgan fingerprint density at radius 1 is 1.27 bits per heavy atom. The van der Waals surface area contributed by atoms with Crippen molar-refractivity contribution >= 4 is 17.6 Å². The second kappa shape index (κ2) is 5.93. The summed E-state index contributed by atoms with van der Waals surface area (Å²) in [6.45, 7) is -0.332. The molecule has 1 heterocycles. The van der Waals surface area contributed by atoms with E-state index in [0.29, 0.717) is 12.1 Å². The van der Waals surface area contributed by atoms with Gasteiger partial charge in [0.15, 0.2) is 6.61 Å². The van der Waals surface area contributed by atoms with Gasteiger partial charge in [0.2, 0.25) is 0 Å². The molecule has 1 fully saturated rings. The summed E-state index contributed by atoms with van der Waals surface area (Å²) >= 11 is 0. The van der Waals surface area contributed by atoms with Gasteiger partial charge >= 0.3 is 5.97 Å². The van der Waals surface area contributed by atoms with Gasteiger partial charge in [-0.1, -0.05) is 0 Å². The monoisotopic (exact) mass is 301 g/mol. The summed E-state index contributed by atoms with van der Waals surface area (Å²) in [6, 6.07) is 9.64. The molecule has 0 aliphatic heterocycles. The Hall–Kier alpha value is -2.76. The van der Waals surface area contributed by atoms with Gasteiger partial charge in [-0.15, -0.1) is 0 Å². The van der Waals surface area contributed by atoms with Gasteiger partial charge in [0.25, 0.3) is 5.91 Å². The number of hydrogen-bond donors (Lipinski definition) is 2. The molecule has 2 aromatic rings. The Balaban J connectivity index is 1.43. The summed E-state index contributed by atoms with van der Waals surface area (Å²) in [6.07, 6.45) is 2.26. The van der Waals surface area contributed by atoms with Crippen molar-refractivity contribution in [3.63, 3.8) is 0 Å². The Kier molecular flexibility index (Phi) is 3.82. The topological polar surface area (TPSA) is 88.8 Å². The first kappa shape index (κ1) is 14.2. The van der Waals surface area contributed by atoms with Crippen LogP contribution in [0.1, 0.15) is 18.1 Å². The number of furan rings is 1. The lowest BCUT2D eigenvalue weighted by Crippen LogP contribution is -2.21. The molecule has 0 radical (unpaired) electrons. The first-order valence-electron chi connectivity index (χ1n) is 6.92. The fraction of sp³-hybridized carbons (Fsp3) is 0.250. The lowest BCUT2D eigenvalue weighted by molar-refractivity contribution is -0.148. The van der Waals surface area contributed by atoms with Crippen LogP contribution >= 0.6 is 0 Å². The van der Waals surface area contributed by atoms with E-state index in [1.165, 1.54) is 12.1 Å². The van der Waals surface area contributed by atoms with Crippen molar-refractivity contribution in [3.8, 4) is 5.75 Å². The minimum absolute atomic E-state index is 0.0580. The van der Waals surface area contributed by atoms with Crippen LogP contribution in [-0.2, 0) is 14.3 Å². The van der Waals surface area contributed by atoms with Crippen molar-refractivity contribution in [2.45, 2.75) is 12.3 Å². The minimum Gasteiger partial charge on any atom is -0.508 e. The third-order valence-electron chi connectivity index (χ3n) is 3.50. The first-order valence-corrected chi connectivity index (χ1v) is 6.92. The van der Waals surface area contributed by atoms with Crippen molar-refractivity contribution in [3.05, 3.63) is 48.4 Å². The predicted molar refractivity (Wildman–Crippen MR) is 77.3 cm³/mol. The number of aromatic hydroxyl groups is 1. The van der Waals surface area contributed by atoms with Crippen LogP contribution in [0.15, 0.2) is 47.1 Å². The SMILES string of the molecule is O=C(COC(=O)[C@H]1C[C@H]1c1ccco1)Nc1ccc(O)cc1. The summed E-state index contributed by atoms with van der Waals surface area (Å²) < 4.78 is 10.3. The van der Waals surface area contributed by atoms with Crippen LogP contribution in [0.2, 0.25) is 0 Å². The van der Waals surface area contributed by atoms with E-state index in [1.54, 1.807) is 24.5 Å². The summed E-state index contributed by atoms with van der Waals surface area (Å²) in [7, 11) is 0. The number of rotatable bonds is 5. The number of amides is 1. The number of ether oxygens (including phenoxy) is 1. The van der Waals surface area contributed by atoms with E-state index < -0.39 is 5.91 Å². The minimum atomic E-state index is -0.422. The highest BCUT2D eigenvalue weighted by molar-refractivity contribution is 5.93. The van der Waals surface area contributed by atoms with E-state index in [9.17, 15) is 9.59 Å².